The van der Waals surface area contributed by atoms with Crippen LogP contribution < -0.4 is 5.73 Å². The number of hydrogen-bond acceptors (Lipinski definition) is 2. The number of hydrogen-bond donors (Lipinski definition) is 1. The normalized spacial score (nSPS) is 18.5. The second-order valence-electron chi connectivity index (χ2n) is 4.12. The molecular formula is C12H16FNS. The van der Waals surface area contributed by atoms with Gasteiger partial charge in [0.05, 0.1) is 0 Å². The molecule has 0 aliphatic heterocycles. The summed E-state index contributed by atoms with van der Waals surface area (Å²) in [5.74, 6) is 1.43. The zero-order valence-corrected chi connectivity index (χ0v) is 9.47. The maximum Gasteiger partial charge on any atom is 0.124 e. The van der Waals surface area contributed by atoms with Gasteiger partial charge in [-0.05, 0) is 37.0 Å². The van der Waals surface area contributed by atoms with Crippen molar-refractivity contribution in [3.8, 4) is 0 Å². The van der Waals surface area contributed by atoms with Gasteiger partial charge < -0.3 is 5.73 Å². The van der Waals surface area contributed by atoms with Crippen molar-refractivity contribution in [1.82, 2.24) is 0 Å². The fourth-order valence-electron chi connectivity index (χ4n) is 1.75. The van der Waals surface area contributed by atoms with Gasteiger partial charge in [-0.3, -0.25) is 0 Å². The minimum absolute atomic E-state index is 0.169. The lowest BCUT2D eigenvalue weighted by molar-refractivity contribution is 0.276. The molecule has 0 aromatic heterocycles. The van der Waals surface area contributed by atoms with E-state index in [0.717, 1.165) is 10.6 Å². The molecule has 1 atom stereocenters. The smallest absolute Gasteiger partial charge is 0.124 e. The Labute approximate surface area is 94.2 Å². The molecule has 2 N–H and O–H groups in total. The van der Waals surface area contributed by atoms with E-state index in [-0.39, 0.29) is 11.9 Å². The van der Waals surface area contributed by atoms with E-state index in [0.29, 0.717) is 5.92 Å². The summed E-state index contributed by atoms with van der Waals surface area (Å²) >= 11 is 1.66. The summed E-state index contributed by atoms with van der Waals surface area (Å²) in [6.45, 7) is 0. The van der Waals surface area contributed by atoms with Crippen LogP contribution in [-0.4, -0.2) is 11.8 Å². The Balaban J connectivity index is 1.81. The van der Waals surface area contributed by atoms with Crippen molar-refractivity contribution in [2.24, 2.45) is 11.7 Å². The van der Waals surface area contributed by atoms with E-state index in [2.05, 4.69) is 0 Å². The minimum Gasteiger partial charge on any atom is -0.327 e. The Bertz CT molecular complexity index is 325. The second kappa shape index (κ2) is 4.99. The molecule has 0 heterocycles. The maximum absolute atomic E-state index is 12.9. The molecule has 1 nitrogen and oxygen atoms in total. The quantitative estimate of drug-likeness (QED) is 0.797. The summed E-state index contributed by atoms with van der Waals surface area (Å²) in [5.41, 5.74) is 6.05. The highest BCUT2D eigenvalue weighted by atomic mass is 32.2. The molecule has 0 amide bonds. The fourth-order valence-corrected chi connectivity index (χ4v) is 2.78. The first-order valence-corrected chi connectivity index (χ1v) is 6.38. The first-order valence-electron chi connectivity index (χ1n) is 5.39. The lowest BCUT2D eigenvalue weighted by Gasteiger charge is -2.30. The number of thioether (sulfide) groups is 1. The van der Waals surface area contributed by atoms with Crippen LogP contribution in [0.3, 0.4) is 0 Å². The highest BCUT2D eigenvalue weighted by Crippen LogP contribution is 2.31. The van der Waals surface area contributed by atoms with Gasteiger partial charge in [0, 0.05) is 16.7 Å². The largest absolute Gasteiger partial charge is 0.327 e. The predicted octanol–water partition coefficient (Wildman–Crippen LogP) is 3.05. The van der Waals surface area contributed by atoms with Crippen molar-refractivity contribution in [2.45, 2.75) is 30.2 Å². The van der Waals surface area contributed by atoms with Gasteiger partial charge in [-0.15, -0.1) is 11.8 Å². The maximum atomic E-state index is 12.9. The molecule has 0 bridgehead atoms. The molecule has 1 aliphatic carbocycles. The molecule has 15 heavy (non-hydrogen) atoms. The predicted molar refractivity (Wildman–Crippen MR) is 62.4 cm³/mol. The lowest BCUT2D eigenvalue weighted by atomic mass is 9.81. The standard InChI is InChI=1S/C12H16FNS/c13-10-5-2-6-11(7-10)15-8-12(14)9-3-1-4-9/h2,5-7,9,12H,1,3-4,8,14H2. The molecule has 0 spiro atoms. The summed E-state index contributed by atoms with van der Waals surface area (Å²) in [5, 5.41) is 0. The zero-order chi connectivity index (χ0) is 10.7. The Morgan fingerprint density at radius 2 is 2.27 bits per heavy atom. The van der Waals surface area contributed by atoms with Crippen LogP contribution in [0.1, 0.15) is 19.3 Å². The molecule has 1 aliphatic rings. The summed E-state index contributed by atoms with van der Waals surface area (Å²) in [4.78, 5) is 0.977. The molecule has 1 saturated carbocycles. The van der Waals surface area contributed by atoms with Gasteiger partial charge in [0.1, 0.15) is 5.82 Å². The molecule has 2 rings (SSSR count). The number of nitrogens with two attached hydrogens (primary N) is 1. The van der Waals surface area contributed by atoms with Gasteiger partial charge in [0.2, 0.25) is 0 Å². The second-order valence-corrected chi connectivity index (χ2v) is 5.22. The molecule has 0 saturated heterocycles. The fraction of sp³-hybridized carbons (Fsp3) is 0.500. The van der Waals surface area contributed by atoms with Crippen LogP contribution in [-0.2, 0) is 0 Å². The highest BCUT2D eigenvalue weighted by Gasteiger charge is 2.24. The Hall–Kier alpha value is -0.540. The van der Waals surface area contributed by atoms with Gasteiger partial charge in [0.15, 0.2) is 0 Å². The van der Waals surface area contributed by atoms with Crippen molar-refractivity contribution in [3.63, 3.8) is 0 Å². The van der Waals surface area contributed by atoms with Gasteiger partial charge >= 0.3 is 0 Å². The first-order chi connectivity index (χ1) is 7.25. The topological polar surface area (TPSA) is 26.0 Å². The Kier molecular flexibility index (Phi) is 3.65. The minimum atomic E-state index is -0.169. The van der Waals surface area contributed by atoms with Crippen molar-refractivity contribution in [2.75, 3.05) is 5.75 Å². The molecule has 0 radical (unpaired) electrons. The van der Waals surface area contributed by atoms with E-state index in [1.807, 2.05) is 6.07 Å². The summed E-state index contributed by atoms with van der Waals surface area (Å²) in [7, 11) is 0. The van der Waals surface area contributed by atoms with Crippen LogP contribution in [0.2, 0.25) is 0 Å². The lowest BCUT2D eigenvalue weighted by Crippen LogP contribution is -2.36. The van der Waals surface area contributed by atoms with E-state index < -0.39 is 0 Å². The third-order valence-corrected chi connectivity index (χ3v) is 4.13. The first kappa shape index (κ1) is 11.0. The third kappa shape index (κ3) is 2.95. The number of halogens is 1. The van der Waals surface area contributed by atoms with E-state index in [4.69, 9.17) is 5.73 Å². The highest BCUT2D eigenvalue weighted by molar-refractivity contribution is 7.99. The van der Waals surface area contributed by atoms with Gasteiger partial charge in [-0.25, -0.2) is 4.39 Å². The molecule has 1 fully saturated rings. The SMILES string of the molecule is NC(CSc1cccc(F)c1)C1CCC1. The van der Waals surface area contributed by atoms with E-state index in [1.54, 1.807) is 23.9 Å². The van der Waals surface area contributed by atoms with Crippen LogP contribution in [0.25, 0.3) is 0 Å². The average Bonchev–Trinajstić information content (AvgIpc) is 2.12. The third-order valence-electron chi connectivity index (χ3n) is 2.99. The number of benzene rings is 1. The van der Waals surface area contributed by atoms with Gasteiger partial charge in [-0.2, -0.15) is 0 Å². The van der Waals surface area contributed by atoms with Crippen molar-refractivity contribution in [3.05, 3.63) is 30.1 Å². The van der Waals surface area contributed by atoms with Crippen LogP contribution in [0.5, 0.6) is 0 Å². The summed E-state index contributed by atoms with van der Waals surface area (Å²) in [6, 6.07) is 6.98. The molecular weight excluding hydrogens is 209 g/mol. The van der Waals surface area contributed by atoms with Crippen LogP contribution >= 0.6 is 11.8 Å². The molecule has 82 valence electrons. The Morgan fingerprint density at radius 3 is 2.87 bits per heavy atom. The molecule has 3 heteroatoms. The Morgan fingerprint density at radius 1 is 1.47 bits per heavy atom. The molecule has 1 aromatic rings. The van der Waals surface area contributed by atoms with Crippen molar-refractivity contribution >= 4 is 11.8 Å². The monoisotopic (exact) mass is 225 g/mol. The molecule has 1 unspecified atom stereocenters. The van der Waals surface area contributed by atoms with Crippen LogP contribution in [0, 0.1) is 11.7 Å². The molecule has 1 aromatic carbocycles. The van der Waals surface area contributed by atoms with E-state index >= 15 is 0 Å². The summed E-state index contributed by atoms with van der Waals surface area (Å²) < 4.78 is 12.9. The van der Waals surface area contributed by atoms with Crippen LogP contribution in [0.15, 0.2) is 29.2 Å². The van der Waals surface area contributed by atoms with E-state index in [9.17, 15) is 4.39 Å². The van der Waals surface area contributed by atoms with Crippen molar-refractivity contribution in [1.29, 1.82) is 0 Å². The number of rotatable bonds is 4. The van der Waals surface area contributed by atoms with E-state index in [1.165, 1.54) is 25.3 Å². The van der Waals surface area contributed by atoms with Gasteiger partial charge in [0.25, 0.3) is 0 Å². The summed E-state index contributed by atoms with van der Waals surface area (Å²) in [6.07, 6.45) is 3.86. The average molecular weight is 225 g/mol. The van der Waals surface area contributed by atoms with Gasteiger partial charge in [-0.1, -0.05) is 12.5 Å². The van der Waals surface area contributed by atoms with Crippen LogP contribution in [0.4, 0.5) is 4.39 Å². The zero-order valence-electron chi connectivity index (χ0n) is 8.66. The van der Waals surface area contributed by atoms with Crippen molar-refractivity contribution < 1.29 is 4.39 Å².